The predicted octanol–water partition coefficient (Wildman–Crippen LogP) is 1.88. The van der Waals surface area contributed by atoms with Gasteiger partial charge in [-0.25, -0.2) is 4.79 Å². The van der Waals surface area contributed by atoms with Gasteiger partial charge in [0.05, 0.1) is 12.3 Å². The third-order valence-electron chi connectivity index (χ3n) is 4.41. The number of likely N-dealkylation sites (tertiary alicyclic amines) is 1. The highest BCUT2D eigenvalue weighted by Gasteiger charge is 2.27. The Morgan fingerprint density at radius 3 is 2.66 bits per heavy atom. The summed E-state index contributed by atoms with van der Waals surface area (Å²) in [4.78, 5) is 30.3. The molecule has 9 heteroatoms. The molecule has 0 aliphatic carbocycles. The Kier molecular flexibility index (Phi) is 7.92. The van der Waals surface area contributed by atoms with Crippen molar-refractivity contribution >= 4 is 18.0 Å². The number of alkyl carbamates (subject to hydrolysis) is 1. The molecular formula is C20H33N5O4. The SMILES string of the molecule is CN=C(NCCCNC(=O)c1occc1C)N1CCC(NC(=O)OC(C)(C)C)C1. The zero-order chi connectivity index (χ0) is 21.4. The van der Waals surface area contributed by atoms with Crippen LogP contribution in [0.3, 0.4) is 0 Å². The smallest absolute Gasteiger partial charge is 0.407 e. The summed E-state index contributed by atoms with van der Waals surface area (Å²) in [5.74, 6) is 0.938. The van der Waals surface area contributed by atoms with Crippen LogP contribution in [0.5, 0.6) is 0 Å². The molecule has 2 amide bonds. The van der Waals surface area contributed by atoms with Crippen molar-refractivity contribution in [2.24, 2.45) is 4.99 Å². The molecule has 162 valence electrons. The normalized spacial score (nSPS) is 17.2. The zero-order valence-corrected chi connectivity index (χ0v) is 18.0. The quantitative estimate of drug-likeness (QED) is 0.378. The fraction of sp³-hybridized carbons (Fsp3) is 0.650. The summed E-state index contributed by atoms with van der Waals surface area (Å²) >= 11 is 0. The van der Waals surface area contributed by atoms with E-state index in [4.69, 9.17) is 9.15 Å². The van der Waals surface area contributed by atoms with Crippen LogP contribution in [0.25, 0.3) is 0 Å². The minimum Gasteiger partial charge on any atom is -0.459 e. The molecule has 1 aromatic rings. The molecule has 1 unspecified atom stereocenters. The molecule has 1 atom stereocenters. The number of aryl methyl sites for hydroxylation is 1. The third-order valence-corrected chi connectivity index (χ3v) is 4.41. The molecule has 3 N–H and O–H groups in total. The Balaban J connectivity index is 1.67. The molecule has 1 fully saturated rings. The lowest BCUT2D eigenvalue weighted by Crippen LogP contribution is -2.44. The Bertz CT molecular complexity index is 723. The van der Waals surface area contributed by atoms with Crippen LogP contribution in [-0.4, -0.2) is 67.7 Å². The van der Waals surface area contributed by atoms with Crippen LogP contribution in [0.15, 0.2) is 21.7 Å². The number of ether oxygens (including phenoxy) is 1. The lowest BCUT2D eigenvalue weighted by atomic mass is 10.2. The molecule has 0 saturated carbocycles. The van der Waals surface area contributed by atoms with Crippen molar-refractivity contribution in [1.82, 2.24) is 20.9 Å². The van der Waals surface area contributed by atoms with Gasteiger partial charge in [-0.2, -0.15) is 0 Å². The summed E-state index contributed by atoms with van der Waals surface area (Å²) in [5.41, 5.74) is 0.315. The van der Waals surface area contributed by atoms with Gasteiger partial charge in [-0.15, -0.1) is 0 Å². The topological polar surface area (TPSA) is 108 Å². The number of hydrogen-bond acceptors (Lipinski definition) is 5. The molecule has 1 aliphatic heterocycles. The van der Waals surface area contributed by atoms with Crippen LogP contribution in [0.4, 0.5) is 4.79 Å². The van der Waals surface area contributed by atoms with Crippen LogP contribution in [0, 0.1) is 6.92 Å². The van der Waals surface area contributed by atoms with Crippen molar-refractivity contribution in [1.29, 1.82) is 0 Å². The lowest BCUT2D eigenvalue weighted by molar-refractivity contribution is 0.0507. The van der Waals surface area contributed by atoms with Crippen molar-refractivity contribution < 1.29 is 18.7 Å². The van der Waals surface area contributed by atoms with Crippen molar-refractivity contribution in [3.8, 4) is 0 Å². The van der Waals surface area contributed by atoms with Crippen LogP contribution >= 0.6 is 0 Å². The fourth-order valence-corrected chi connectivity index (χ4v) is 3.05. The van der Waals surface area contributed by atoms with Gasteiger partial charge in [0.25, 0.3) is 5.91 Å². The first-order chi connectivity index (χ1) is 13.7. The summed E-state index contributed by atoms with van der Waals surface area (Å²) in [6, 6.07) is 1.79. The molecular weight excluding hydrogens is 374 g/mol. The average molecular weight is 408 g/mol. The molecule has 1 saturated heterocycles. The van der Waals surface area contributed by atoms with Gasteiger partial charge in [0.15, 0.2) is 11.7 Å². The standard InChI is InChI=1S/C20H33N5O4/c1-14-8-12-28-16(14)17(26)22-9-6-10-23-18(21-5)25-11-7-15(13-25)24-19(27)29-20(2,3)4/h8,12,15H,6-7,9-11,13H2,1-5H3,(H,21,23)(H,22,26)(H,24,27). The largest absolute Gasteiger partial charge is 0.459 e. The number of nitrogens with one attached hydrogen (secondary N) is 3. The van der Waals surface area contributed by atoms with Gasteiger partial charge >= 0.3 is 6.09 Å². The number of carbonyl (C=O) groups excluding carboxylic acids is 2. The number of rotatable bonds is 6. The predicted molar refractivity (Wildman–Crippen MR) is 111 cm³/mol. The van der Waals surface area contributed by atoms with E-state index < -0.39 is 11.7 Å². The highest BCUT2D eigenvalue weighted by Crippen LogP contribution is 2.12. The van der Waals surface area contributed by atoms with E-state index in [1.165, 1.54) is 6.26 Å². The van der Waals surface area contributed by atoms with Crippen molar-refractivity contribution in [2.75, 3.05) is 33.2 Å². The molecule has 0 radical (unpaired) electrons. The number of aliphatic imine (C=N–C) groups is 1. The Labute approximate surface area is 172 Å². The maximum Gasteiger partial charge on any atom is 0.407 e. The highest BCUT2D eigenvalue weighted by atomic mass is 16.6. The Hall–Kier alpha value is -2.71. The summed E-state index contributed by atoms with van der Waals surface area (Å²) in [7, 11) is 1.73. The molecule has 29 heavy (non-hydrogen) atoms. The van der Waals surface area contributed by atoms with Crippen LogP contribution in [0.1, 0.15) is 49.7 Å². The zero-order valence-electron chi connectivity index (χ0n) is 18.0. The fourth-order valence-electron chi connectivity index (χ4n) is 3.05. The molecule has 1 aliphatic rings. The Morgan fingerprint density at radius 2 is 2.03 bits per heavy atom. The second kappa shape index (κ2) is 10.2. The molecule has 0 spiro atoms. The van der Waals surface area contributed by atoms with Crippen LogP contribution in [0.2, 0.25) is 0 Å². The van der Waals surface area contributed by atoms with Crippen molar-refractivity contribution in [3.05, 3.63) is 23.7 Å². The average Bonchev–Trinajstić information content (AvgIpc) is 3.25. The highest BCUT2D eigenvalue weighted by molar-refractivity contribution is 5.92. The van der Waals surface area contributed by atoms with E-state index >= 15 is 0 Å². The molecule has 1 aromatic heterocycles. The molecule has 2 rings (SSSR count). The summed E-state index contributed by atoms with van der Waals surface area (Å²) in [5, 5.41) is 9.06. The minimum absolute atomic E-state index is 0.0271. The van der Waals surface area contributed by atoms with Gasteiger partial charge in [-0.05, 0) is 46.6 Å². The summed E-state index contributed by atoms with van der Waals surface area (Å²) < 4.78 is 10.5. The number of furan rings is 1. The van der Waals surface area contributed by atoms with Gasteiger partial charge in [0.2, 0.25) is 0 Å². The first kappa shape index (κ1) is 22.6. The maximum absolute atomic E-state index is 12.0. The van der Waals surface area contributed by atoms with Crippen LogP contribution < -0.4 is 16.0 Å². The van der Waals surface area contributed by atoms with E-state index in [9.17, 15) is 9.59 Å². The van der Waals surface area contributed by atoms with Gasteiger partial charge in [-0.3, -0.25) is 9.79 Å². The molecule has 2 heterocycles. The number of guanidine groups is 1. The van der Waals surface area contributed by atoms with Gasteiger partial charge < -0.3 is 30.0 Å². The number of nitrogens with zero attached hydrogens (tertiary/aromatic N) is 2. The van der Waals surface area contributed by atoms with E-state index in [2.05, 4.69) is 25.8 Å². The third kappa shape index (κ3) is 7.32. The Morgan fingerprint density at radius 1 is 1.31 bits per heavy atom. The molecule has 9 nitrogen and oxygen atoms in total. The summed E-state index contributed by atoms with van der Waals surface area (Å²) in [6.45, 7) is 10.1. The van der Waals surface area contributed by atoms with E-state index in [-0.39, 0.29) is 11.9 Å². The molecule has 0 bridgehead atoms. The first-order valence-electron chi connectivity index (χ1n) is 9.97. The van der Waals surface area contributed by atoms with E-state index in [1.54, 1.807) is 13.1 Å². The number of amides is 2. The van der Waals surface area contributed by atoms with Crippen LogP contribution in [-0.2, 0) is 4.74 Å². The van der Waals surface area contributed by atoms with E-state index in [0.29, 0.717) is 25.4 Å². The molecule has 0 aromatic carbocycles. The lowest BCUT2D eigenvalue weighted by Gasteiger charge is -2.23. The second-order valence-corrected chi connectivity index (χ2v) is 8.09. The van der Waals surface area contributed by atoms with E-state index in [1.807, 2.05) is 27.7 Å². The van der Waals surface area contributed by atoms with Crippen molar-refractivity contribution in [2.45, 2.75) is 52.2 Å². The maximum atomic E-state index is 12.0. The number of hydrogen-bond donors (Lipinski definition) is 3. The van der Waals surface area contributed by atoms with Gasteiger partial charge in [0, 0.05) is 38.8 Å². The van der Waals surface area contributed by atoms with Gasteiger partial charge in [-0.1, -0.05) is 0 Å². The number of carbonyl (C=O) groups is 2. The monoisotopic (exact) mass is 407 g/mol. The minimum atomic E-state index is -0.509. The van der Waals surface area contributed by atoms with Crippen molar-refractivity contribution in [3.63, 3.8) is 0 Å². The van der Waals surface area contributed by atoms with E-state index in [0.717, 1.165) is 30.9 Å². The second-order valence-electron chi connectivity index (χ2n) is 8.09. The van der Waals surface area contributed by atoms with Gasteiger partial charge in [0.1, 0.15) is 5.60 Å². The summed E-state index contributed by atoms with van der Waals surface area (Å²) in [6.07, 6.45) is 2.70. The first-order valence-corrected chi connectivity index (χ1v) is 9.97.